The maximum atomic E-state index is 10.6. The third-order valence-electron chi connectivity index (χ3n) is 2.88. The van der Waals surface area contributed by atoms with Crippen LogP contribution in [0.3, 0.4) is 0 Å². The molecule has 0 radical (unpaired) electrons. The summed E-state index contributed by atoms with van der Waals surface area (Å²) in [4.78, 5) is 22.8. The van der Waals surface area contributed by atoms with E-state index in [0.29, 0.717) is 23.4 Å². The number of fused-ring (bicyclic) bond motifs is 1. The van der Waals surface area contributed by atoms with Crippen LogP contribution in [0.15, 0.2) is 12.7 Å². The minimum atomic E-state index is -0.336. The van der Waals surface area contributed by atoms with Gasteiger partial charge in [0, 0.05) is 0 Å². The van der Waals surface area contributed by atoms with Crippen LogP contribution in [0.5, 0.6) is 0 Å². The quantitative estimate of drug-likeness (QED) is 0.748. The fraction of sp³-hybridized carbons (Fsp3) is 0.400. The molecule has 7 heteroatoms. The number of nitrogens with two attached hydrogens (primary N) is 1. The minimum Gasteiger partial charge on any atom is -0.382 e. The molecule has 1 aliphatic rings. The van der Waals surface area contributed by atoms with Crippen molar-refractivity contribution in [3.63, 3.8) is 0 Å². The number of carbonyl (C=O) groups excluding carboxylic acids is 1. The van der Waals surface area contributed by atoms with Gasteiger partial charge in [0.1, 0.15) is 30.5 Å². The summed E-state index contributed by atoms with van der Waals surface area (Å²) in [7, 11) is 0. The lowest BCUT2D eigenvalue weighted by Gasteiger charge is -2.12. The molecule has 0 bridgehead atoms. The molecule has 17 heavy (non-hydrogen) atoms. The number of hydrogen-bond donors (Lipinski definition) is 1. The molecule has 88 valence electrons. The van der Waals surface area contributed by atoms with E-state index in [1.807, 2.05) is 0 Å². The zero-order valence-electron chi connectivity index (χ0n) is 8.98. The molecule has 0 unspecified atom stereocenters. The first kappa shape index (κ1) is 10.2. The molecule has 2 aromatic rings. The largest absolute Gasteiger partial charge is 0.382 e. The lowest BCUT2D eigenvalue weighted by molar-refractivity contribution is -0.119. The number of imidazole rings is 1. The molecule has 3 rings (SSSR count). The van der Waals surface area contributed by atoms with Crippen molar-refractivity contribution in [2.45, 2.75) is 25.2 Å². The van der Waals surface area contributed by atoms with E-state index in [1.165, 1.54) is 6.33 Å². The topological polar surface area (TPSA) is 95.9 Å². The summed E-state index contributed by atoms with van der Waals surface area (Å²) in [5.74, 6) is 0.346. The van der Waals surface area contributed by atoms with Gasteiger partial charge in [0.05, 0.1) is 6.33 Å². The first-order chi connectivity index (χ1) is 8.29. The SMILES string of the molecule is Nc1ncnc2c1ncn2[C@H]1CC[C@@H](C=O)O1. The molecule has 0 aromatic carbocycles. The summed E-state index contributed by atoms with van der Waals surface area (Å²) in [6.07, 6.45) is 4.77. The lowest BCUT2D eigenvalue weighted by atomic mass is 10.2. The second-order valence-corrected chi connectivity index (χ2v) is 3.93. The molecule has 0 amide bonds. The first-order valence-corrected chi connectivity index (χ1v) is 5.33. The van der Waals surface area contributed by atoms with Crippen LogP contribution < -0.4 is 5.73 Å². The van der Waals surface area contributed by atoms with Gasteiger partial charge >= 0.3 is 0 Å². The molecule has 1 fully saturated rings. The van der Waals surface area contributed by atoms with Crippen molar-refractivity contribution in [2.75, 3.05) is 5.73 Å². The van der Waals surface area contributed by atoms with Gasteiger partial charge < -0.3 is 15.3 Å². The Morgan fingerprint density at radius 1 is 1.41 bits per heavy atom. The number of anilines is 1. The maximum Gasteiger partial charge on any atom is 0.167 e. The highest BCUT2D eigenvalue weighted by Gasteiger charge is 2.27. The highest BCUT2D eigenvalue weighted by Crippen LogP contribution is 2.29. The Hall–Kier alpha value is -2.02. The first-order valence-electron chi connectivity index (χ1n) is 5.33. The predicted molar refractivity (Wildman–Crippen MR) is 58.9 cm³/mol. The molecule has 0 saturated carbocycles. The van der Waals surface area contributed by atoms with Crippen molar-refractivity contribution < 1.29 is 9.53 Å². The standard InChI is InChI=1S/C10H11N5O2/c11-9-8-10(13-4-12-9)15(5-14-8)7-2-1-6(3-16)17-7/h3-7H,1-2H2,(H2,11,12,13)/t6-,7+/m0/s1. The smallest absolute Gasteiger partial charge is 0.167 e. The zero-order valence-corrected chi connectivity index (χ0v) is 8.98. The van der Waals surface area contributed by atoms with Crippen LogP contribution in [0.25, 0.3) is 11.2 Å². The number of aromatic nitrogens is 4. The van der Waals surface area contributed by atoms with E-state index in [0.717, 1.165) is 12.7 Å². The molecular weight excluding hydrogens is 222 g/mol. The van der Waals surface area contributed by atoms with E-state index in [-0.39, 0.29) is 12.3 Å². The van der Waals surface area contributed by atoms with Crippen LogP contribution in [-0.2, 0) is 9.53 Å². The van der Waals surface area contributed by atoms with Crippen molar-refractivity contribution in [3.8, 4) is 0 Å². The average molecular weight is 233 g/mol. The minimum absolute atomic E-state index is 0.204. The van der Waals surface area contributed by atoms with E-state index in [1.54, 1.807) is 10.9 Å². The van der Waals surface area contributed by atoms with E-state index in [2.05, 4.69) is 15.0 Å². The van der Waals surface area contributed by atoms with Crippen LogP contribution >= 0.6 is 0 Å². The fourth-order valence-corrected chi connectivity index (χ4v) is 2.03. The van der Waals surface area contributed by atoms with Gasteiger partial charge in [0.25, 0.3) is 0 Å². The van der Waals surface area contributed by atoms with Crippen LogP contribution in [0, 0.1) is 0 Å². The predicted octanol–water partition coefficient (Wildman–Crippen LogP) is 0.285. The van der Waals surface area contributed by atoms with Gasteiger partial charge in [-0.1, -0.05) is 0 Å². The van der Waals surface area contributed by atoms with Gasteiger partial charge in [-0.2, -0.15) is 0 Å². The monoisotopic (exact) mass is 233 g/mol. The normalized spacial score (nSPS) is 24.2. The number of nitrogen functional groups attached to an aromatic ring is 1. The number of carbonyl (C=O) groups is 1. The molecule has 2 aromatic heterocycles. The van der Waals surface area contributed by atoms with Gasteiger partial charge in [-0.25, -0.2) is 15.0 Å². The molecule has 0 spiro atoms. The van der Waals surface area contributed by atoms with Gasteiger partial charge in [-0.05, 0) is 12.8 Å². The Labute approximate surface area is 96.6 Å². The number of hydrogen-bond acceptors (Lipinski definition) is 6. The maximum absolute atomic E-state index is 10.6. The average Bonchev–Trinajstić information content (AvgIpc) is 2.94. The molecule has 2 N–H and O–H groups in total. The van der Waals surface area contributed by atoms with E-state index in [4.69, 9.17) is 10.5 Å². The second kappa shape index (κ2) is 3.77. The van der Waals surface area contributed by atoms with Gasteiger partial charge in [-0.15, -0.1) is 0 Å². The number of rotatable bonds is 2. The zero-order chi connectivity index (χ0) is 11.8. The van der Waals surface area contributed by atoms with Crippen molar-refractivity contribution in [3.05, 3.63) is 12.7 Å². The van der Waals surface area contributed by atoms with Crippen LogP contribution in [0.2, 0.25) is 0 Å². The molecular formula is C10H11N5O2. The van der Waals surface area contributed by atoms with Gasteiger partial charge in [0.15, 0.2) is 11.5 Å². The highest BCUT2D eigenvalue weighted by molar-refractivity contribution is 5.81. The Morgan fingerprint density at radius 2 is 2.29 bits per heavy atom. The highest BCUT2D eigenvalue weighted by atomic mass is 16.5. The lowest BCUT2D eigenvalue weighted by Crippen LogP contribution is -2.11. The number of ether oxygens (including phenoxy) is 1. The third kappa shape index (κ3) is 1.55. The van der Waals surface area contributed by atoms with E-state index >= 15 is 0 Å². The van der Waals surface area contributed by atoms with Gasteiger partial charge in [-0.3, -0.25) is 4.57 Å². The Bertz CT molecular complexity index is 567. The summed E-state index contributed by atoms with van der Waals surface area (Å²) in [6.45, 7) is 0. The van der Waals surface area contributed by atoms with Crippen molar-refractivity contribution in [1.29, 1.82) is 0 Å². The van der Waals surface area contributed by atoms with E-state index in [9.17, 15) is 4.79 Å². The molecule has 1 saturated heterocycles. The summed E-state index contributed by atoms with van der Waals surface area (Å²) in [5.41, 5.74) is 6.89. The van der Waals surface area contributed by atoms with Crippen LogP contribution in [0.1, 0.15) is 19.1 Å². The molecule has 1 aliphatic heterocycles. The van der Waals surface area contributed by atoms with Crippen molar-refractivity contribution in [2.24, 2.45) is 0 Å². The third-order valence-corrected chi connectivity index (χ3v) is 2.88. The second-order valence-electron chi connectivity index (χ2n) is 3.93. The van der Waals surface area contributed by atoms with Crippen LogP contribution in [0.4, 0.5) is 5.82 Å². The summed E-state index contributed by atoms with van der Waals surface area (Å²) < 4.78 is 7.35. The molecule has 2 atom stereocenters. The summed E-state index contributed by atoms with van der Waals surface area (Å²) >= 11 is 0. The number of aldehydes is 1. The number of nitrogens with zero attached hydrogens (tertiary/aromatic N) is 4. The van der Waals surface area contributed by atoms with Gasteiger partial charge in [0.2, 0.25) is 0 Å². The van der Waals surface area contributed by atoms with E-state index < -0.39 is 0 Å². The molecule has 3 heterocycles. The van der Waals surface area contributed by atoms with Crippen LogP contribution in [-0.4, -0.2) is 31.9 Å². The Kier molecular flexibility index (Phi) is 2.25. The van der Waals surface area contributed by atoms with Crippen molar-refractivity contribution >= 4 is 23.3 Å². The molecule has 7 nitrogen and oxygen atoms in total. The Morgan fingerprint density at radius 3 is 3.06 bits per heavy atom. The summed E-state index contributed by atoms with van der Waals surface area (Å²) in [6, 6.07) is 0. The fourth-order valence-electron chi connectivity index (χ4n) is 2.03. The molecule has 0 aliphatic carbocycles. The van der Waals surface area contributed by atoms with Crippen molar-refractivity contribution in [1.82, 2.24) is 19.5 Å². The summed E-state index contributed by atoms with van der Waals surface area (Å²) in [5, 5.41) is 0. The Balaban J connectivity index is 2.01.